The minimum Gasteiger partial charge on any atom is -0.504 e. The van der Waals surface area contributed by atoms with E-state index in [1.54, 1.807) is 6.07 Å². The van der Waals surface area contributed by atoms with Crippen LogP contribution in [-0.2, 0) is 19.3 Å². The van der Waals surface area contributed by atoms with E-state index >= 15 is 0 Å². The number of rotatable bonds is 15. The van der Waals surface area contributed by atoms with Gasteiger partial charge >= 0.3 is 0 Å². The second-order valence-corrected chi connectivity index (χ2v) is 7.72. The second kappa shape index (κ2) is 18.5. The first-order valence-corrected chi connectivity index (χ1v) is 11.2. The Balaban J connectivity index is 0.00000450. The molecule has 0 saturated carbocycles. The molecule has 2 aromatic carbocycles. The molecule has 0 aliphatic rings. The van der Waals surface area contributed by atoms with Crippen molar-refractivity contribution >= 4 is 34.0 Å². The predicted octanol–water partition coefficient (Wildman–Crippen LogP) is 5.73. The number of nitrogens with one attached hydrogen (secondary N) is 2. The molecule has 0 heterocycles. The third kappa shape index (κ3) is 11.9. The minimum absolute atomic E-state index is 0. The van der Waals surface area contributed by atoms with Crippen molar-refractivity contribution in [1.82, 2.24) is 10.6 Å². The summed E-state index contributed by atoms with van der Waals surface area (Å²) in [4.78, 5) is 0. The highest BCUT2D eigenvalue weighted by Crippen LogP contribution is 2.32. The van der Waals surface area contributed by atoms with Crippen LogP contribution in [0.2, 0.25) is 0 Å². The summed E-state index contributed by atoms with van der Waals surface area (Å²) in [5, 5.41) is 26.8. The summed E-state index contributed by atoms with van der Waals surface area (Å²) < 4.78 is 0. The van der Waals surface area contributed by atoms with Crippen LogP contribution in [0, 0.1) is 0 Å². The van der Waals surface area contributed by atoms with Gasteiger partial charge in [0.25, 0.3) is 0 Å². The van der Waals surface area contributed by atoms with Gasteiger partial charge in [-0.3, -0.25) is 0 Å². The normalized spacial score (nSPS) is 10.4. The molecular formula is C25H40Br2N2O2. The molecule has 0 fully saturated rings. The summed E-state index contributed by atoms with van der Waals surface area (Å²) in [7, 11) is 0. The van der Waals surface area contributed by atoms with Gasteiger partial charge in [0.2, 0.25) is 0 Å². The molecule has 0 bridgehead atoms. The van der Waals surface area contributed by atoms with Crippen LogP contribution in [0.5, 0.6) is 11.5 Å². The fourth-order valence-electron chi connectivity index (χ4n) is 3.63. The van der Waals surface area contributed by atoms with Crippen LogP contribution in [0.15, 0.2) is 42.5 Å². The molecule has 2 rings (SSSR count). The lowest BCUT2D eigenvalue weighted by molar-refractivity contribution is 0.398. The summed E-state index contributed by atoms with van der Waals surface area (Å²) in [6.45, 7) is 6.18. The van der Waals surface area contributed by atoms with Crippen LogP contribution in [0.1, 0.15) is 55.7 Å². The molecule has 0 spiro atoms. The first-order chi connectivity index (χ1) is 14.2. The van der Waals surface area contributed by atoms with Gasteiger partial charge in [-0.1, -0.05) is 62.6 Å². The fraction of sp³-hybridized carbons (Fsp3) is 0.520. The van der Waals surface area contributed by atoms with Crippen LogP contribution < -0.4 is 10.6 Å². The van der Waals surface area contributed by atoms with E-state index in [1.165, 1.54) is 31.2 Å². The third-order valence-corrected chi connectivity index (χ3v) is 5.32. The highest BCUT2D eigenvalue weighted by Gasteiger charge is 2.11. The van der Waals surface area contributed by atoms with Gasteiger partial charge < -0.3 is 20.8 Å². The molecule has 0 atom stereocenters. The maximum atomic E-state index is 10.1. The Morgan fingerprint density at radius 2 is 1.29 bits per heavy atom. The average molecular weight is 560 g/mol. The number of halogens is 2. The summed E-state index contributed by atoms with van der Waals surface area (Å²) in [5.74, 6) is 0.0430. The monoisotopic (exact) mass is 558 g/mol. The average Bonchev–Trinajstić information content (AvgIpc) is 2.74. The number of hydrogen-bond acceptors (Lipinski definition) is 4. The first-order valence-electron chi connectivity index (χ1n) is 11.2. The van der Waals surface area contributed by atoms with E-state index < -0.39 is 0 Å². The summed E-state index contributed by atoms with van der Waals surface area (Å²) >= 11 is 0. The largest absolute Gasteiger partial charge is 0.504 e. The first kappa shape index (κ1) is 29.9. The minimum atomic E-state index is -0.0142. The van der Waals surface area contributed by atoms with Crippen LogP contribution in [0.25, 0.3) is 0 Å². The Labute approximate surface area is 209 Å². The Kier molecular flexibility index (Phi) is 17.8. The van der Waals surface area contributed by atoms with Crippen LogP contribution in [0.4, 0.5) is 0 Å². The van der Waals surface area contributed by atoms with Gasteiger partial charge in [0.15, 0.2) is 11.5 Å². The second-order valence-electron chi connectivity index (χ2n) is 7.72. The van der Waals surface area contributed by atoms with E-state index in [-0.39, 0.29) is 45.5 Å². The van der Waals surface area contributed by atoms with Gasteiger partial charge in [-0.15, -0.1) is 34.0 Å². The number of aromatic hydroxyl groups is 2. The molecule has 0 aliphatic heterocycles. The van der Waals surface area contributed by atoms with Crippen molar-refractivity contribution in [3.8, 4) is 11.5 Å². The number of unbranched alkanes of at least 4 members (excludes halogenated alkanes) is 3. The zero-order valence-electron chi connectivity index (χ0n) is 18.7. The van der Waals surface area contributed by atoms with Crippen LogP contribution in [0.3, 0.4) is 0 Å². The molecule has 176 valence electrons. The fourth-order valence-corrected chi connectivity index (χ4v) is 3.63. The van der Waals surface area contributed by atoms with Crippen molar-refractivity contribution in [2.24, 2.45) is 0 Å². The quantitative estimate of drug-likeness (QED) is 0.166. The van der Waals surface area contributed by atoms with Gasteiger partial charge in [0.1, 0.15) is 0 Å². The van der Waals surface area contributed by atoms with Gasteiger partial charge in [0.05, 0.1) is 0 Å². The van der Waals surface area contributed by atoms with Crippen molar-refractivity contribution < 1.29 is 10.2 Å². The molecule has 0 aromatic heterocycles. The summed E-state index contributed by atoms with van der Waals surface area (Å²) in [6.07, 6.45) is 8.71. The maximum Gasteiger partial charge on any atom is 0.160 e. The molecule has 2 aromatic rings. The van der Waals surface area contributed by atoms with Gasteiger partial charge in [0, 0.05) is 5.56 Å². The molecule has 4 nitrogen and oxygen atoms in total. The molecule has 0 amide bonds. The SMILES string of the molecule is Br.Br.CCCc1c(CCNCCCCCCNCCc2ccccc2)ccc(O)c1O. The van der Waals surface area contributed by atoms with Crippen LogP contribution in [-0.4, -0.2) is 36.4 Å². The summed E-state index contributed by atoms with van der Waals surface area (Å²) in [6, 6.07) is 14.2. The van der Waals surface area contributed by atoms with Crippen molar-refractivity contribution in [2.45, 2.75) is 58.3 Å². The lowest BCUT2D eigenvalue weighted by Gasteiger charge is -2.12. The standard InChI is InChI=1S/C25H38N2O2.2BrH/c1-2-10-23-22(13-14-24(28)25(23)29)16-20-27-18-9-4-3-8-17-26-19-15-21-11-6-5-7-12-21;;/h5-7,11-14,26-29H,2-4,8-10,15-20H2,1H3;2*1H. The maximum absolute atomic E-state index is 10.1. The zero-order valence-corrected chi connectivity index (χ0v) is 22.2. The Morgan fingerprint density at radius 1 is 0.677 bits per heavy atom. The predicted molar refractivity (Wildman–Crippen MR) is 142 cm³/mol. The van der Waals surface area contributed by atoms with Gasteiger partial charge in [-0.2, -0.15) is 0 Å². The Morgan fingerprint density at radius 3 is 1.90 bits per heavy atom. The Hall–Kier alpha value is -1.08. The van der Waals surface area contributed by atoms with Crippen molar-refractivity contribution in [2.75, 3.05) is 26.2 Å². The zero-order chi connectivity index (χ0) is 20.7. The topological polar surface area (TPSA) is 64.5 Å². The van der Waals surface area contributed by atoms with E-state index in [1.807, 2.05) is 6.07 Å². The Bertz CT molecular complexity index is 699. The number of benzene rings is 2. The van der Waals surface area contributed by atoms with Gasteiger partial charge in [-0.25, -0.2) is 0 Å². The number of phenols is 2. The molecule has 6 heteroatoms. The highest BCUT2D eigenvalue weighted by molar-refractivity contribution is 8.93. The smallest absolute Gasteiger partial charge is 0.160 e. The molecule has 4 N–H and O–H groups in total. The van der Waals surface area contributed by atoms with E-state index in [4.69, 9.17) is 0 Å². The lowest BCUT2D eigenvalue weighted by atomic mass is 9.99. The van der Waals surface area contributed by atoms with E-state index in [2.05, 4.69) is 47.9 Å². The number of phenolic OH excluding ortho intramolecular Hbond substituents is 2. The molecule has 31 heavy (non-hydrogen) atoms. The van der Waals surface area contributed by atoms with E-state index in [0.717, 1.165) is 63.0 Å². The van der Waals surface area contributed by atoms with E-state index in [0.29, 0.717) is 0 Å². The number of hydrogen-bond donors (Lipinski definition) is 4. The molecular weight excluding hydrogens is 520 g/mol. The van der Waals surface area contributed by atoms with Crippen LogP contribution >= 0.6 is 34.0 Å². The van der Waals surface area contributed by atoms with Crippen molar-refractivity contribution in [3.63, 3.8) is 0 Å². The molecule has 0 radical (unpaired) electrons. The molecule has 0 unspecified atom stereocenters. The molecule has 0 aliphatic carbocycles. The molecule has 0 saturated heterocycles. The third-order valence-electron chi connectivity index (χ3n) is 5.32. The van der Waals surface area contributed by atoms with E-state index in [9.17, 15) is 10.2 Å². The van der Waals surface area contributed by atoms with Gasteiger partial charge in [-0.05, 0) is 75.5 Å². The van der Waals surface area contributed by atoms with Crippen molar-refractivity contribution in [3.05, 3.63) is 59.2 Å². The van der Waals surface area contributed by atoms with Crippen molar-refractivity contribution in [1.29, 1.82) is 0 Å². The lowest BCUT2D eigenvalue weighted by Crippen LogP contribution is -2.20. The highest BCUT2D eigenvalue weighted by atomic mass is 79.9. The summed E-state index contributed by atoms with van der Waals surface area (Å²) in [5.41, 5.74) is 3.43.